The van der Waals surface area contributed by atoms with Crippen LogP contribution in [0.5, 0.6) is 0 Å². The van der Waals surface area contributed by atoms with Gasteiger partial charge in [-0.2, -0.15) is 0 Å². The third-order valence-corrected chi connectivity index (χ3v) is 3.68. The molecule has 0 fully saturated rings. The van der Waals surface area contributed by atoms with Gasteiger partial charge in [-0.25, -0.2) is 0 Å². The van der Waals surface area contributed by atoms with E-state index < -0.39 is 0 Å². The summed E-state index contributed by atoms with van der Waals surface area (Å²) in [5.74, 6) is 0.162. The summed E-state index contributed by atoms with van der Waals surface area (Å²) in [5, 5.41) is 11.8. The molecule has 0 heterocycles. The summed E-state index contributed by atoms with van der Waals surface area (Å²) in [6.45, 7) is 4.25. The highest BCUT2D eigenvalue weighted by atomic mass is 16.4. The molecule has 118 valence electrons. The van der Waals surface area contributed by atoms with Crippen LogP contribution in [0.1, 0.15) is 56.6 Å². The summed E-state index contributed by atoms with van der Waals surface area (Å²) < 4.78 is 0. The first-order chi connectivity index (χ1) is 10.2. The summed E-state index contributed by atoms with van der Waals surface area (Å²) in [6, 6.07) is 7.85. The Hall–Kier alpha value is -1.55. The van der Waals surface area contributed by atoms with Crippen LogP contribution in [-0.2, 0) is 6.54 Å². The molecule has 4 nitrogen and oxygen atoms in total. The van der Waals surface area contributed by atoms with Crippen LogP contribution in [0.2, 0.25) is 0 Å². The van der Waals surface area contributed by atoms with E-state index in [9.17, 15) is 0 Å². The number of amidine groups is 1. The average molecular weight is 291 g/mol. The van der Waals surface area contributed by atoms with Gasteiger partial charge in [0, 0.05) is 12.1 Å². The molecule has 21 heavy (non-hydrogen) atoms. The first-order valence-electron chi connectivity index (χ1n) is 7.92. The Bertz CT molecular complexity index is 432. The average Bonchev–Trinajstić information content (AvgIpc) is 2.50. The van der Waals surface area contributed by atoms with Crippen molar-refractivity contribution in [3.05, 3.63) is 35.4 Å². The minimum atomic E-state index is 0.162. The number of oxime groups is 1. The van der Waals surface area contributed by atoms with Gasteiger partial charge in [-0.3, -0.25) is 0 Å². The zero-order chi connectivity index (χ0) is 15.5. The van der Waals surface area contributed by atoms with Crippen LogP contribution < -0.4 is 5.73 Å². The van der Waals surface area contributed by atoms with Gasteiger partial charge in [-0.15, -0.1) is 0 Å². The Morgan fingerprint density at radius 1 is 1.19 bits per heavy atom. The summed E-state index contributed by atoms with van der Waals surface area (Å²) in [5.41, 5.74) is 7.57. The number of hydrogen-bond donors (Lipinski definition) is 2. The predicted octanol–water partition coefficient (Wildman–Crippen LogP) is 3.57. The second-order valence-corrected chi connectivity index (χ2v) is 5.69. The van der Waals surface area contributed by atoms with E-state index in [0.29, 0.717) is 0 Å². The topological polar surface area (TPSA) is 61.8 Å². The van der Waals surface area contributed by atoms with Crippen LogP contribution in [0, 0.1) is 0 Å². The van der Waals surface area contributed by atoms with Crippen molar-refractivity contribution in [2.45, 2.75) is 52.0 Å². The van der Waals surface area contributed by atoms with Crippen molar-refractivity contribution in [3.8, 4) is 0 Å². The highest BCUT2D eigenvalue weighted by molar-refractivity contribution is 5.97. The Morgan fingerprint density at radius 3 is 2.62 bits per heavy atom. The third kappa shape index (κ3) is 7.14. The number of nitrogens with two attached hydrogens (primary N) is 1. The van der Waals surface area contributed by atoms with Crippen molar-refractivity contribution in [2.75, 3.05) is 13.6 Å². The van der Waals surface area contributed by atoms with Crippen molar-refractivity contribution >= 4 is 5.84 Å². The fraction of sp³-hybridized carbons (Fsp3) is 0.588. The zero-order valence-corrected chi connectivity index (χ0v) is 13.4. The molecule has 0 aliphatic heterocycles. The van der Waals surface area contributed by atoms with E-state index in [0.717, 1.165) is 18.7 Å². The van der Waals surface area contributed by atoms with Gasteiger partial charge in [-0.05, 0) is 31.6 Å². The van der Waals surface area contributed by atoms with Gasteiger partial charge >= 0.3 is 0 Å². The molecular formula is C17H29N3O. The van der Waals surface area contributed by atoms with Crippen molar-refractivity contribution in [3.63, 3.8) is 0 Å². The minimum absolute atomic E-state index is 0.162. The van der Waals surface area contributed by atoms with E-state index in [4.69, 9.17) is 10.9 Å². The van der Waals surface area contributed by atoms with Gasteiger partial charge in [0.15, 0.2) is 5.84 Å². The normalized spacial score (nSPS) is 12.0. The molecule has 0 aromatic heterocycles. The molecule has 3 N–H and O–H groups in total. The molecule has 0 unspecified atom stereocenters. The van der Waals surface area contributed by atoms with Crippen LogP contribution in [0.15, 0.2) is 29.4 Å². The SMILES string of the molecule is CCCCCCCCN(C)Cc1cccc(C(N)=NO)c1. The van der Waals surface area contributed by atoms with E-state index in [2.05, 4.69) is 30.1 Å². The van der Waals surface area contributed by atoms with Gasteiger partial charge in [0.1, 0.15) is 0 Å². The van der Waals surface area contributed by atoms with Crippen molar-refractivity contribution < 1.29 is 5.21 Å². The molecule has 1 aromatic carbocycles. The quantitative estimate of drug-likeness (QED) is 0.228. The summed E-state index contributed by atoms with van der Waals surface area (Å²) >= 11 is 0. The largest absolute Gasteiger partial charge is 0.409 e. The Balaban J connectivity index is 2.32. The fourth-order valence-corrected chi connectivity index (χ4v) is 2.44. The number of rotatable bonds is 10. The first kappa shape index (κ1) is 17.5. The van der Waals surface area contributed by atoms with Crippen LogP contribution in [0.25, 0.3) is 0 Å². The molecule has 4 heteroatoms. The maximum atomic E-state index is 8.72. The lowest BCUT2D eigenvalue weighted by Gasteiger charge is -2.17. The molecule has 1 rings (SSSR count). The Labute approximate surface area is 128 Å². The van der Waals surface area contributed by atoms with Crippen molar-refractivity contribution in [2.24, 2.45) is 10.9 Å². The molecule has 0 radical (unpaired) electrons. The van der Waals surface area contributed by atoms with Crippen LogP contribution in [-0.4, -0.2) is 29.5 Å². The second kappa shape index (κ2) is 10.2. The lowest BCUT2D eigenvalue weighted by Crippen LogP contribution is -2.20. The molecule has 0 aliphatic rings. The van der Waals surface area contributed by atoms with E-state index in [1.165, 1.54) is 44.1 Å². The van der Waals surface area contributed by atoms with E-state index >= 15 is 0 Å². The maximum absolute atomic E-state index is 8.72. The molecule has 0 bridgehead atoms. The molecule has 1 aromatic rings. The van der Waals surface area contributed by atoms with Gasteiger partial charge in [-0.1, -0.05) is 62.4 Å². The predicted molar refractivity (Wildman–Crippen MR) is 88.7 cm³/mol. The molecule has 0 atom stereocenters. The number of hydrogen-bond acceptors (Lipinski definition) is 3. The van der Waals surface area contributed by atoms with E-state index in [1.807, 2.05) is 18.2 Å². The molecule has 0 saturated heterocycles. The van der Waals surface area contributed by atoms with Gasteiger partial charge < -0.3 is 15.8 Å². The molecular weight excluding hydrogens is 262 g/mol. The van der Waals surface area contributed by atoms with Gasteiger partial charge in [0.05, 0.1) is 0 Å². The monoisotopic (exact) mass is 291 g/mol. The lowest BCUT2D eigenvalue weighted by atomic mass is 10.1. The third-order valence-electron chi connectivity index (χ3n) is 3.68. The standard InChI is InChI=1S/C17H29N3O/c1-3-4-5-6-7-8-12-20(2)14-15-10-9-11-16(13-15)17(18)19-21/h9-11,13,21H,3-8,12,14H2,1-2H3,(H2,18,19). The number of nitrogens with zero attached hydrogens (tertiary/aromatic N) is 2. The lowest BCUT2D eigenvalue weighted by molar-refractivity contribution is 0.316. The number of unbranched alkanes of at least 4 members (excludes halogenated alkanes) is 5. The minimum Gasteiger partial charge on any atom is -0.409 e. The van der Waals surface area contributed by atoms with Crippen molar-refractivity contribution in [1.82, 2.24) is 4.90 Å². The smallest absolute Gasteiger partial charge is 0.170 e. The summed E-state index contributed by atoms with van der Waals surface area (Å²) in [7, 11) is 2.14. The van der Waals surface area contributed by atoms with Gasteiger partial charge in [0.25, 0.3) is 0 Å². The highest BCUT2D eigenvalue weighted by Gasteiger charge is 2.04. The van der Waals surface area contributed by atoms with Crippen LogP contribution >= 0.6 is 0 Å². The molecule has 0 spiro atoms. The highest BCUT2D eigenvalue weighted by Crippen LogP contribution is 2.10. The first-order valence-corrected chi connectivity index (χ1v) is 7.92. The van der Waals surface area contributed by atoms with Crippen LogP contribution in [0.4, 0.5) is 0 Å². The molecule has 0 amide bonds. The van der Waals surface area contributed by atoms with E-state index in [-0.39, 0.29) is 5.84 Å². The maximum Gasteiger partial charge on any atom is 0.170 e. The van der Waals surface area contributed by atoms with Gasteiger partial charge in [0.2, 0.25) is 0 Å². The molecule has 0 saturated carbocycles. The fourth-order valence-electron chi connectivity index (χ4n) is 2.44. The summed E-state index contributed by atoms with van der Waals surface area (Å²) in [4.78, 5) is 2.32. The van der Waals surface area contributed by atoms with Crippen LogP contribution in [0.3, 0.4) is 0 Å². The summed E-state index contributed by atoms with van der Waals surface area (Å²) in [6.07, 6.45) is 7.93. The van der Waals surface area contributed by atoms with E-state index in [1.54, 1.807) is 0 Å². The molecule has 0 aliphatic carbocycles. The second-order valence-electron chi connectivity index (χ2n) is 5.69. The Kier molecular flexibility index (Phi) is 8.51. The Morgan fingerprint density at radius 2 is 1.90 bits per heavy atom. The number of benzene rings is 1. The zero-order valence-electron chi connectivity index (χ0n) is 13.4. The van der Waals surface area contributed by atoms with Crippen molar-refractivity contribution in [1.29, 1.82) is 0 Å².